The molecule has 0 aromatic carbocycles. The summed E-state index contributed by atoms with van der Waals surface area (Å²) in [7, 11) is 0. The van der Waals surface area contributed by atoms with E-state index in [1.54, 1.807) is 4.90 Å². The number of likely N-dealkylation sites (tertiary alicyclic amines) is 1. The van der Waals surface area contributed by atoms with Gasteiger partial charge in [-0.05, 0) is 25.2 Å². The van der Waals surface area contributed by atoms with Crippen LogP contribution in [0, 0.1) is 11.8 Å². The van der Waals surface area contributed by atoms with Crippen molar-refractivity contribution in [3.05, 3.63) is 0 Å². The molecule has 0 radical (unpaired) electrons. The maximum Gasteiger partial charge on any atom is 0.306 e. The van der Waals surface area contributed by atoms with Crippen molar-refractivity contribution < 1.29 is 19.5 Å². The van der Waals surface area contributed by atoms with E-state index in [4.69, 9.17) is 5.11 Å². The minimum Gasteiger partial charge on any atom is -0.481 e. The number of aliphatic carboxylic acids is 1. The Hall–Kier alpha value is -1.59. The van der Waals surface area contributed by atoms with Crippen LogP contribution in [0.15, 0.2) is 0 Å². The fourth-order valence-electron chi connectivity index (χ4n) is 2.95. The van der Waals surface area contributed by atoms with E-state index >= 15 is 0 Å². The normalized spacial score (nSPS) is 26.7. The van der Waals surface area contributed by atoms with Crippen LogP contribution in [-0.2, 0) is 14.4 Å². The maximum absolute atomic E-state index is 11.7. The molecule has 1 heterocycles. The molecular formula is C13H20N2O4. The third kappa shape index (κ3) is 3.45. The zero-order valence-electron chi connectivity index (χ0n) is 10.9. The molecule has 106 valence electrons. The largest absolute Gasteiger partial charge is 0.481 e. The molecule has 0 aromatic rings. The van der Waals surface area contributed by atoms with Gasteiger partial charge in [-0.3, -0.25) is 14.4 Å². The van der Waals surface area contributed by atoms with E-state index < -0.39 is 5.97 Å². The molecule has 2 atom stereocenters. The van der Waals surface area contributed by atoms with Gasteiger partial charge in [0.1, 0.15) is 0 Å². The first-order valence-electron chi connectivity index (χ1n) is 6.85. The molecule has 1 aliphatic heterocycles. The molecule has 6 heteroatoms. The standard InChI is InChI=1S/C13H20N2O4/c16-11(8-15-6-2-5-12(15)17)14-7-9-3-1-4-10(9)13(18)19/h9-10H,1-8H2,(H,14,16)(H,18,19). The van der Waals surface area contributed by atoms with Crippen molar-refractivity contribution >= 4 is 17.8 Å². The first-order valence-corrected chi connectivity index (χ1v) is 6.85. The molecule has 19 heavy (non-hydrogen) atoms. The molecule has 2 rings (SSSR count). The third-order valence-electron chi connectivity index (χ3n) is 4.04. The number of carbonyl (C=O) groups is 3. The minimum absolute atomic E-state index is 0.0238. The van der Waals surface area contributed by atoms with Gasteiger partial charge in [-0.15, -0.1) is 0 Å². The van der Waals surface area contributed by atoms with Crippen LogP contribution in [0.4, 0.5) is 0 Å². The fourth-order valence-corrected chi connectivity index (χ4v) is 2.95. The summed E-state index contributed by atoms with van der Waals surface area (Å²) in [6.07, 6.45) is 3.79. The first kappa shape index (κ1) is 13.8. The molecule has 1 aliphatic carbocycles. The number of carboxylic acid groups (broad SMARTS) is 1. The van der Waals surface area contributed by atoms with Gasteiger partial charge in [-0.2, -0.15) is 0 Å². The van der Waals surface area contributed by atoms with Gasteiger partial charge in [0.25, 0.3) is 0 Å². The fraction of sp³-hybridized carbons (Fsp3) is 0.769. The number of rotatable bonds is 5. The number of amides is 2. The van der Waals surface area contributed by atoms with Crippen LogP contribution in [0.2, 0.25) is 0 Å². The van der Waals surface area contributed by atoms with Gasteiger partial charge in [-0.25, -0.2) is 0 Å². The van der Waals surface area contributed by atoms with Crippen molar-refractivity contribution in [1.82, 2.24) is 10.2 Å². The second-order valence-electron chi connectivity index (χ2n) is 5.36. The average Bonchev–Trinajstić information content (AvgIpc) is 2.96. The predicted molar refractivity (Wildman–Crippen MR) is 67.3 cm³/mol. The van der Waals surface area contributed by atoms with Gasteiger partial charge in [0.15, 0.2) is 0 Å². The topological polar surface area (TPSA) is 86.7 Å². The molecule has 2 amide bonds. The Morgan fingerprint density at radius 1 is 1.32 bits per heavy atom. The van der Waals surface area contributed by atoms with Crippen LogP contribution in [0.5, 0.6) is 0 Å². The lowest BCUT2D eigenvalue weighted by Gasteiger charge is -2.18. The highest BCUT2D eigenvalue weighted by molar-refractivity contribution is 5.85. The summed E-state index contributed by atoms with van der Waals surface area (Å²) < 4.78 is 0. The highest BCUT2D eigenvalue weighted by Crippen LogP contribution is 2.31. The summed E-state index contributed by atoms with van der Waals surface area (Å²) in [4.78, 5) is 35.7. The summed E-state index contributed by atoms with van der Waals surface area (Å²) in [5.41, 5.74) is 0. The van der Waals surface area contributed by atoms with Crippen LogP contribution in [0.3, 0.4) is 0 Å². The van der Waals surface area contributed by atoms with Crippen molar-refractivity contribution in [3.63, 3.8) is 0 Å². The summed E-state index contributed by atoms with van der Waals surface area (Å²) in [5.74, 6) is -1.25. The van der Waals surface area contributed by atoms with Crippen LogP contribution in [0.1, 0.15) is 32.1 Å². The van der Waals surface area contributed by atoms with E-state index in [-0.39, 0.29) is 30.2 Å². The van der Waals surface area contributed by atoms with Crippen molar-refractivity contribution in [3.8, 4) is 0 Å². The first-order chi connectivity index (χ1) is 9.08. The highest BCUT2D eigenvalue weighted by atomic mass is 16.4. The second-order valence-corrected chi connectivity index (χ2v) is 5.36. The number of nitrogens with zero attached hydrogens (tertiary/aromatic N) is 1. The van der Waals surface area contributed by atoms with Crippen molar-refractivity contribution in [2.24, 2.45) is 11.8 Å². The van der Waals surface area contributed by atoms with Gasteiger partial charge in [-0.1, -0.05) is 6.42 Å². The van der Waals surface area contributed by atoms with Crippen molar-refractivity contribution in [1.29, 1.82) is 0 Å². The van der Waals surface area contributed by atoms with E-state index in [0.717, 1.165) is 19.3 Å². The SMILES string of the molecule is O=C(CN1CCCC1=O)NCC1CCCC1C(=O)O. The molecule has 0 aromatic heterocycles. The summed E-state index contributed by atoms with van der Waals surface area (Å²) in [6, 6.07) is 0. The van der Waals surface area contributed by atoms with Crippen LogP contribution in [0.25, 0.3) is 0 Å². The number of nitrogens with one attached hydrogen (secondary N) is 1. The zero-order chi connectivity index (χ0) is 13.8. The lowest BCUT2D eigenvalue weighted by atomic mass is 9.96. The molecule has 1 saturated heterocycles. The highest BCUT2D eigenvalue weighted by Gasteiger charge is 2.33. The lowest BCUT2D eigenvalue weighted by Crippen LogP contribution is -2.40. The van der Waals surface area contributed by atoms with Gasteiger partial charge < -0.3 is 15.3 Å². The zero-order valence-corrected chi connectivity index (χ0v) is 10.9. The monoisotopic (exact) mass is 268 g/mol. The van der Waals surface area contributed by atoms with E-state index in [2.05, 4.69) is 5.32 Å². The summed E-state index contributed by atoms with van der Waals surface area (Å²) in [6.45, 7) is 1.15. The van der Waals surface area contributed by atoms with Crippen molar-refractivity contribution in [2.45, 2.75) is 32.1 Å². The van der Waals surface area contributed by atoms with E-state index in [9.17, 15) is 14.4 Å². The Morgan fingerprint density at radius 2 is 2.11 bits per heavy atom. The number of carboxylic acids is 1. The van der Waals surface area contributed by atoms with Gasteiger partial charge in [0.2, 0.25) is 11.8 Å². The molecule has 2 fully saturated rings. The van der Waals surface area contributed by atoms with Crippen molar-refractivity contribution in [2.75, 3.05) is 19.6 Å². The van der Waals surface area contributed by atoms with Gasteiger partial charge in [0.05, 0.1) is 12.5 Å². The number of carbonyl (C=O) groups excluding carboxylic acids is 2. The Balaban J connectivity index is 1.74. The minimum atomic E-state index is -0.772. The Morgan fingerprint density at radius 3 is 2.74 bits per heavy atom. The smallest absolute Gasteiger partial charge is 0.306 e. The molecule has 2 aliphatic rings. The molecular weight excluding hydrogens is 248 g/mol. The van der Waals surface area contributed by atoms with Crippen LogP contribution in [-0.4, -0.2) is 47.4 Å². The van der Waals surface area contributed by atoms with Crippen LogP contribution < -0.4 is 5.32 Å². The maximum atomic E-state index is 11.7. The van der Waals surface area contributed by atoms with Crippen LogP contribution >= 0.6 is 0 Å². The predicted octanol–water partition coefficient (Wildman–Crippen LogP) is 0.226. The van der Waals surface area contributed by atoms with E-state index in [0.29, 0.717) is 25.9 Å². The second kappa shape index (κ2) is 6.04. The quantitative estimate of drug-likeness (QED) is 0.747. The van der Waals surface area contributed by atoms with E-state index in [1.165, 1.54) is 0 Å². The average molecular weight is 268 g/mol. The Kier molecular flexibility index (Phi) is 4.39. The molecule has 1 saturated carbocycles. The molecule has 6 nitrogen and oxygen atoms in total. The molecule has 0 bridgehead atoms. The Bertz CT molecular complexity index is 383. The summed E-state index contributed by atoms with van der Waals surface area (Å²) in [5, 5.41) is 11.8. The third-order valence-corrected chi connectivity index (χ3v) is 4.04. The van der Waals surface area contributed by atoms with E-state index in [1.807, 2.05) is 0 Å². The Labute approximate surface area is 112 Å². The molecule has 2 unspecified atom stereocenters. The lowest BCUT2D eigenvalue weighted by molar-refractivity contribution is -0.143. The summed E-state index contributed by atoms with van der Waals surface area (Å²) >= 11 is 0. The number of hydrogen-bond donors (Lipinski definition) is 2. The molecule has 2 N–H and O–H groups in total. The molecule has 0 spiro atoms. The van der Waals surface area contributed by atoms with Gasteiger partial charge >= 0.3 is 5.97 Å². The number of hydrogen-bond acceptors (Lipinski definition) is 3. The van der Waals surface area contributed by atoms with Gasteiger partial charge in [0, 0.05) is 19.5 Å².